The molecule has 2 aliphatic heterocycles. The minimum Gasteiger partial charge on any atom is -1.00 e. The molecule has 0 saturated heterocycles. The van der Waals surface area contributed by atoms with Gasteiger partial charge in [-0.05, 0) is 79.4 Å². The van der Waals surface area contributed by atoms with Gasteiger partial charge in [-0.25, -0.2) is 19.6 Å². The Hall–Kier alpha value is -3.24. The minimum atomic E-state index is -0.356. The first-order valence-electron chi connectivity index (χ1n) is 13.8. The maximum Gasteiger partial charge on any atom is 0.340 e. The second-order valence-electron chi connectivity index (χ2n) is 10.3. The first kappa shape index (κ1) is 35.0. The molecule has 0 amide bonds. The summed E-state index contributed by atoms with van der Waals surface area (Å²) < 4.78 is 10.8. The quantitative estimate of drug-likeness (QED) is 0.206. The van der Waals surface area contributed by atoms with Crippen molar-refractivity contribution >= 4 is 36.5 Å². The van der Waals surface area contributed by atoms with E-state index in [0.29, 0.717) is 24.0 Å². The Morgan fingerprint density at radius 1 is 0.690 bits per heavy atom. The number of ether oxygens (including phenoxy) is 2. The summed E-state index contributed by atoms with van der Waals surface area (Å²) in [6, 6.07) is 0. The van der Waals surface area contributed by atoms with Gasteiger partial charge in [0.15, 0.2) is 12.4 Å². The van der Waals surface area contributed by atoms with Crippen LogP contribution < -0.4 is 43.9 Å². The van der Waals surface area contributed by atoms with Crippen LogP contribution >= 0.6 is 0 Å². The van der Waals surface area contributed by atoms with Crippen molar-refractivity contribution < 1.29 is 63.0 Å². The number of allylic oxidation sites excluding steroid dienone is 4. The molecule has 226 valence electrons. The minimum absolute atomic E-state index is 0. The first-order valence-corrected chi connectivity index (χ1v) is 13.8. The van der Waals surface area contributed by atoms with Crippen molar-refractivity contribution in [1.29, 1.82) is 0 Å². The number of esters is 2. The third kappa shape index (κ3) is 7.03. The average molecular weight is 705 g/mol. The normalized spacial score (nSPS) is 16.0. The number of carbonyl (C=O) groups is 2. The van der Waals surface area contributed by atoms with Gasteiger partial charge in [-0.15, -0.1) is 0 Å². The molecule has 0 aliphatic carbocycles. The zero-order chi connectivity index (χ0) is 29.1. The molecule has 0 bridgehead atoms. The molecule has 0 unspecified atom stereocenters. The van der Waals surface area contributed by atoms with Crippen LogP contribution in [0.25, 0.3) is 12.2 Å². The Labute approximate surface area is 268 Å². The number of rotatable bonds is 9. The summed E-state index contributed by atoms with van der Waals surface area (Å²) in [6.07, 6.45) is 9.00. The summed E-state index contributed by atoms with van der Waals surface area (Å²) in [6.45, 7) is 16.3. The lowest BCUT2D eigenvalue weighted by molar-refractivity contribution is -0.381. The van der Waals surface area contributed by atoms with Gasteiger partial charge in [-0.2, -0.15) is 0 Å². The molecule has 0 saturated carbocycles. The summed E-state index contributed by atoms with van der Waals surface area (Å²) in [5.74, 6) is -0.713. The number of H-pyrrole nitrogens is 2. The van der Waals surface area contributed by atoms with E-state index in [9.17, 15) is 9.59 Å². The zero-order valence-corrected chi connectivity index (χ0v) is 28.7. The maximum absolute atomic E-state index is 13.0. The van der Waals surface area contributed by atoms with E-state index < -0.39 is 0 Å². The number of hydrogen-bond donors (Lipinski definition) is 4. The van der Waals surface area contributed by atoms with Crippen molar-refractivity contribution in [3.8, 4) is 0 Å². The van der Waals surface area contributed by atoms with Gasteiger partial charge in [0.2, 0.25) is 11.4 Å². The molecule has 0 aromatic carbocycles. The van der Waals surface area contributed by atoms with E-state index >= 15 is 0 Å². The zero-order valence-electron chi connectivity index (χ0n) is 25.5. The van der Waals surface area contributed by atoms with Crippen molar-refractivity contribution in [1.82, 2.24) is 9.97 Å². The molecule has 4 N–H and O–H groups in total. The van der Waals surface area contributed by atoms with Crippen molar-refractivity contribution in [3.63, 3.8) is 0 Å². The Kier molecular flexibility index (Phi) is 12.3. The van der Waals surface area contributed by atoms with Crippen LogP contribution in [0.2, 0.25) is 0 Å². The van der Waals surface area contributed by atoms with Gasteiger partial charge in [-0.1, -0.05) is 0 Å². The highest BCUT2D eigenvalue weighted by molar-refractivity contribution is 5.95. The summed E-state index contributed by atoms with van der Waals surface area (Å²) in [4.78, 5) is 39.6. The van der Waals surface area contributed by atoms with Crippen LogP contribution in [0.15, 0.2) is 33.7 Å². The SMILES string of the molecule is CCOC(=O)c1c(CCc2[nH]c(/C=C3/[NH+]=CC(C)=C3C)c(C)c2C(=O)OCC)[nH]c(/C=C2/[NH+]=CC(C)=C2C)c1C.[Br-].[Br-]. The monoisotopic (exact) mass is 702 g/mol. The van der Waals surface area contributed by atoms with Crippen LogP contribution in [0, 0.1) is 13.8 Å². The van der Waals surface area contributed by atoms with E-state index in [2.05, 4.69) is 47.6 Å². The molecule has 0 spiro atoms. The number of aromatic nitrogens is 2. The van der Waals surface area contributed by atoms with Gasteiger partial charge in [0.05, 0.1) is 24.3 Å². The van der Waals surface area contributed by atoms with Crippen LogP contribution in [0.4, 0.5) is 0 Å². The Bertz CT molecular complexity index is 1450. The van der Waals surface area contributed by atoms with E-state index in [1.165, 1.54) is 11.1 Å². The van der Waals surface area contributed by atoms with Crippen LogP contribution in [0.3, 0.4) is 0 Å². The summed E-state index contributed by atoms with van der Waals surface area (Å²) >= 11 is 0. The van der Waals surface area contributed by atoms with Crippen molar-refractivity contribution in [2.45, 2.75) is 68.2 Å². The smallest absolute Gasteiger partial charge is 0.340 e. The predicted octanol–water partition coefficient (Wildman–Crippen LogP) is -3.21. The Balaban J connectivity index is 0.00000308. The number of nitrogens with one attached hydrogen (secondary N) is 4. The summed E-state index contributed by atoms with van der Waals surface area (Å²) in [5.41, 5.74) is 12.6. The van der Waals surface area contributed by atoms with Gasteiger partial charge in [-0.3, -0.25) is 0 Å². The molecule has 0 fully saturated rings. The molecule has 42 heavy (non-hydrogen) atoms. The number of carbonyl (C=O) groups excluding carboxylic acids is 2. The molecule has 2 aromatic heterocycles. The Morgan fingerprint density at radius 2 is 1.05 bits per heavy atom. The average Bonchev–Trinajstić information content (AvgIpc) is 3.61. The molecule has 8 nitrogen and oxygen atoms in total. The molecule has 0 atom stereocenters. The lowest BCUT2D eigenvalue weighted by atomic mass is 10.0. The van der Waals surface area contributed by atoms with Crippen molar-refractivity contribution in [2.24, 2.45) is 0 Å². The number of hydrogen-bond acceptors (Lipinski definition) is 4. The molecule has 2 aliphatic rings. The maximum atomic E-state index is 13.0. The topological polar surface area (TPSA) is 112 Å². The van der Waals surface area contributed by atoms with E-state index in [0.717, 1.165) is 56.4 Å². The molecular formula is C32H40Br2N4O4. The second kappa shape index (κ2) is 14.8. The standard InChI is InChI=1S/C32H38N4O4.2BrH/c1-9-39-31(37)29-21(7)27(13-25-19(5)17(3)15-33-25)35-23(29)11-12-24-30(32(38)40-10-2)22(8)28(36-24)14-26-20(6)18(4)16-34-26;;/h13-16,35-36H,9-12H2,1-8H3;2*1H/b25-13+,26-14+;;. The molecule has 4 rings (SSSR count). The van der Waals surface area contributed by atoms with Gasteiger partial charge in [0, 0.05) is 57.2 Å². The third-order valence-electron chi connectivity index (χ3n) is 7.77. The lowest BCUT2D eigenvalue weighted by Crippen LogP contribution is -3.00. The van der Waals surface area contributed by atoms with Crippen LogP contribution in [-0.2, 0) is 22.3 Å². The fraction of sp³-hybridized carbons (Fsp3) is 0.375. The highest BCUT2D eigenvalue weighted by Crippen LogP contribution is 2.27. The number of aryl methyl sites for hydroxylation is 2. The van der Waals surface area contributed by atoms with Gasteiger partial charge in [0.1, 0.15) is 0 Å². The third-order valence-corrected chi connectivity index (χ3v) is 7.77. The number of aromatic amines is 2. The van der Waals surface area contributed by atoms with E-state index in [-0.39, 0.29) is 59.1 Å². The van der Waals surface area contributed by atoms with E-state index in [1.807, 2.05) is 38.4 Å². The second-order valence-corrected chi connectivity index (χ2v) is 10.3. The van der Waals surface area contributed by atoms with Gasteiger partial charge < -0.3 is 53.4 Å². The van der Waals surface area contributed by atoms with Crippen LogP contribution in [0.5, 0.6) is 0 Å². The molecule has 10 heteroatoms. The van der Waals surface area contributed by atoms with Crippen molar-refractivity contribution in [2.75, 3.05) is 13.2 Å². The van der Waals surface area contributed by atoms with Crippen LogP contribution in [0.1, 0.15) is 96.2 Å². The molecule has 2 aromatic rings. The predicted molar refractivity (Wildman–Crippen MR) is 157 cm³/mol. The summed E-state index contributed by atoms with van der Waals surface area (Å²) in [5, 5.41) is 0. The molecule has 4 heterocycles. The fourth-order valence-corrected chi connectivity index (χ4v) is 5.05. The lowest BCUT2D eigenvalue weighted by Gasteiger charge is -2.07. The highest BCUT2D eigenvalue weighted by Gasteiger charge is 2.26. The highest BCUT2D eigenvalue weighted by atomic mass is 79.9. The largest absolute Gasteiger partial charge is 1.00 e. The molecular weight excluding hydrogens is 664 g/mol. The van der Waals surface area contributed by atoms with Gasteiger partial charge >= 0.3 is 11.9 Å². The summed E-state index contributed by atoms with van der Waals surface area (Å²) in [7, 11) is 0. The van der Waals surface area contributed by atoms with E-state index in [4.69, 9.17) is 9.47 Å². The van der Waals surface area contributed by atoms with Crippen molar-refractivity contribution in [3.05, 3.63) is 78.7 Å². The molecule has 0 radical (unpaired) electrons. The fourth-order valence-electron chi connectivity index (χ4n) is 5.05. The van der Waals surface area contributed by atoms with E-state index in [1.54, 1.807) is 13.8 Å². The number of halogens is 2. The van der Waals surface area contributed by atoms with Crippen LogP contribution in [-0.4, -0.2) is 47.5 Å². The first-order chi connectivity index (χ1) is 19.1. The Morgan fingerprint density at radius 3 is 1.33 bits per heavy atom. The van der Waals surface area contributed by atoms with Gasteiger partial charge in [0.25, 0.3) is 0 Å².